The molecule has 5 heteroatoms. The van der Waals surface area contributed by atoms with Gasteiger partial charge in [-0.3, -0.25) is 4.79 Å². The summed E-state index contributed by atoms with van der Waals surface area (Å²) in [5, 5.41) is 0. The normalized spacial score (nSPS) is 9.09. The van der Waals surface area contributed by atoms with E-state index in [2.05, 4.69) is 9.97 Å². The first-order valence-corrected chi connectivity index (χ1v) is 2.97. The van der Waals surface area contributed by atoms with E-state index >= 15 is 0 Å². The van der Waals surface area contributed by atoms with Crippen molar-refractivity contribution in [3.05, 3.63) is 12.4 Å². The number of ether oxygens (including phenoxy) is 1. The zero-order chi connectivity index (χ0) is 8.10. The van der Waals surface area contributed by atoms with Crippen molar-refractivity contribution in [1.82, 2.24) is 9.97 Å². The first kappa shape index (κ1) is 7.46. The van der Waals surface area contributed by atoms with Crippen molar-refractivity contribution in [2.75, 3.05) is 12.3 Å². The highest BCUT2D eigenvalue weighted by Gasteiger charge is 1.92. The quantitative estimate of drug-likeness (QED) is 0.600. The van der Waals surface area contributed by atoms with Crippen LogP contribution in [0.3, 0.4) is 0 Å². The lowest BCUT2D eigenvalue weighted by molar-refractivity contribution is -0.109. The minimum atomic E-state index is 0.00722. The first-order valence-electron chi connectivity index (χ1n) is 2.97. The average molecular weight is 153 g/mol. The van der Waals surface area contributed by atoms with Gasteiger partial charge in [-0.05, 0) is 0 Å². The molecule has 2 N–H and O–H groups in total. The molecule has 58 valence electrons. The number of carbonyl (C=O) groups excluding carboxylic acids is 1. The zero-order valence-electron chi connectivity index (χ0n) is 5.73. The molecule has 0 spiro atoms. The average Bonchev–Trinajstić information content (AvgIpc) is 2.04. The fourth-order valence-corrected chi connectivity index (χ4v) is 0.531. The number of anilines is 1. The molecule has 0 amide bonds. The summed E-state index contributed by atoms with van der Waals surface area (Å²) in [5.74, 6) is 0.620. The summed E-state index contributed by atoms with van der Waals surface area (Å²) in [6, 6.07) is 0. The van der Waals surface area contributed by atoms with Gasteiger partial charge in [0.05, 0.1) is 12.4 Å². The van der Waals surface area contributed by atoms with E-state index in [0.29, 0.717) is 12.0 Å². The minimum Gasteiger partial charge on any atom is -0.483 e. The van der Waals surface area contributed by atoms with Crippen LogP contribution in [-0.2, 0) is 4.79 Å². The van der Waals surface area contributed by atoms with Crippen LogP contribution in [0.1, 0.15) is 0 Å². The molecule has 0 bridgehead atoms. The Bertz CT molecular complexity index is 234. The topological polar surface area (TPSA) is 78.1 Å². The molecular formula is C6H7N3O2. The molecule has 0 aromatic carbocycles. The van der Waals surface area contributed by atoms with Crippen molar-refractivity contribution >= 4 is 12.2 Å². The second kappa shape index (κ2) is 3.50. The Labute approximate surface area is 63.2 Å². The van der Waals surface area contributed by atoms with Crippen molar-refractivity contribution in [2.45, 2.75) is 0 Å². The van der Waals surface area contributed by atoms with Crippen LogP contribution < -0.4 is 10.5 Å². The molecule has 0 aliphatic rings. The number of hydrogen-bond donors (Lipinski definition) is 1. The lowest BCUT2D eigenvalue weighted by Crippen LogP contribution is -2.00. The third-order valence-electron chi connectivity index (χ3n) is 0.966. The van der Waals surface area contributed by atoms with E-state index in [1.165, 1.54) is 12.4 Å². The maximum Gasteiger partial charge on any atom is 0.220 e. The van der Waals surface area contributed by atoms with Crippen molar-refractivity contribution < 1.29 is 9.53 Å². The number of hydrogen-bond acceptors (Lipinski definition) is 5. The molecular weight excluding hydrogens is 146 g/mol. The number of aromatic nitrogens is 2. The molecule has 0 fully saturated rings. The minimum absolute atomic E-state index is 0.00722. The number of carbonyl (C=O) groups is 1. The molecule has 0 radical (unpaired) electrons. The highest BCUT2D eigenvalue weighted by molar-refractivity contribution is 5.51. The standard InChI is InChI=1S/C6H7N3O2/c7-6-8-3-5(4-9-6)11-2-1-10/h1,3-4H,2H2,(H2,7,8,9). The van der Waals surface area contributed by atoms with E-state index in [0.717, 1.165) is 0 Å². The summed E-state index contributed by atoms with van der Waals surface area (Å²) >= 11 is 0. The Morgan fingerprint density at radius 1 is 1.55 bits per heavy atom. The third-order valence-corrected chi connectivity index (χ3v) is 0.966. The summed E-state index contributed by atoms with van der Waals surface area (Å²) in [5.41, 5.74) is 5.21. The van der Waals surface area contributed by atoms with E-state index in [-0.39, 0.29) is 12.6 Å². The van der Waals surface area contributed by atoms with Crippen molar-refractivity contribution in [1.29, 1.82) is 0 Å². The smallest absolute Gasteiger partial charge is 0.220 e. The van der Waals surface area contributed by atoms with Crippen LogP contribution in [0.25, 0.3) is 0 Å². The molecule has 0 saturated heterocycles. The van der Waals surface area contributed by atoms with Crippen LogP contribution in [0.15, 0.2) is 12.4 Å². The summed E-state index contributed by atoms with van der Waals surface area (Å²) < 4.78 is 4.86. The van der Waals surface area contributed by atoms with Crippen LogP contribution in [0.2, 0.25) is 0 Å². The second-order valence-electron chi connectivity index (χ2n) is 1.75. The Balaban J connectivity index is 2.58. The molecule has 0 saturated carbocycles. The summed E-state index contributed by atoms with van der Waals surface area (Å²) in [6.45, 7) is 0.00722. The molecule has 0 aliphatic carbocycles. The van der Waals surface area contributed by atoms with Crippen LogP contribution in [-0.4, -0.2) is 22.9 Å². The molecule has 1 heterocycles. The van der Waals surface area contributed by atoms with Crippen LogP contribution >= 0.6 is 0 Å². The monoisotopic (exact) mass is 153 g/mol. The predicted octanol–water partition coefficient (Wildman–Crippen LogP) is -0.364. The number of nitrogen functional groups attached to an aromatic ring is 1. The van der Waals surface area contributed by atoms with E-state index < -0.39 is 0 Å². The largest absolute Gasteiger partial charge is 0.483 e. The molecule has 1 aromatic rings. The van der Waals surface area contributed by atoms with Gasteiger partial charge in [-0.25, -0.2) is 9.97 Å². The van der Waals surface area contributed by atoms with Crippen LogP contribution in [0.4, 0.5) is 5.95 Å². The predicted molar refractivity (Wildman–Crippen MR) is 38.0 cm³/mol. The number of nitrogens with two attached hydrogens (primary N) is 1. The Kier molecular flexibility index (Phi) is 2.37. The van der Waals surface area contributed by atoms with Gasteiger partial charge in [0, 0.05) is 0 Å². The fraction of sp³-hybridized carbons (Fsp3) is 0.167. The van der Waals surface area contributed by atoms with Gasteiger partial charge in [-0.2, -0.15) is 0 Å². The number of nitrogens with zero attached hydrogens (tertiary/aromatic N) is 2. The van der Waals surface area contributed by atoms with Crippen molar-refractivity contribution in [3.8, 4) is 5.75 Å². The number of aldehydes is 1. The Morgan fingerprint density at radius 2 is 2.18 bits per heavy atom. The van der Waals surface area contributed by atoms with Gasteiger partial charge in [-0.1, -0.05) is 0 Å². The lowest BCUT2D eigenvalue weighted by Gasteiger charge is -1.98. The zero-order valence-corrected chi connectivity index (χ0v) is 5.73. The van der Waals surface area contributed by atoms with E-state index in [1.54, 1.807) is 0 Å². The molecule has 0 atom stereocenters. The summed E-state index contributed by atoms with van der Waals surface area (Å²) in [7, 11) is 0. The summed E-state index contributed by atoms with van der Waals surface area (Å²) in [4.78, 5) is 17.2. The Hall–Kier alpha value is -1.65. The van der Waals surface area contributed by atoms with Crippen LogP contribution in [0.5, 0.6) is 5.75 Å². The van der Waals surface area contributed by atoms with Gasteiger partial charge < -0.3 is 10.5 Å². The van der Waals surface area contributed by atoms with Gasteiger partial charge >= 0.3 is 0 Å². The molecule has 1 rings (SSSR count). The highest BCUT2D eigenvalue weighted by Crippen LogP contribution is 2.05. The fourth-order valence-electron chi connectivity index (χ4n) is 0.531. The van der Waals surface area contributed by atoms with Gasteiger partial charge in [0.2, 0.25) is 5.95 Å². The van der Waals surface area contributed by atoms with Gasteiger partial charge in [0.1, 0.15) is 6.61 Å². The molecule has 5 nitrogen and oxygen atoms in total. The van der Waals surface area contributed by atoms with E-state index in [4.69, 9.17) is 10.5 Å². The van der Waals surface area contributed by atoms with Gasteiger partial charge in [0.25, 0.3) is 0 Å². The van der Waals surface area contributed by atoms with Gasteiger partial charge in [-0.15, -0.1) is 0 Å². The molecule has 0 aliphatic heterocycles. The maximum atomic E-state index is 9.85. The van der Waals surface area contributed by atoms with Crippen molar-refractivity contribution in [3.63, 3.8) is 0 Å². The van der Waals surface area contributed by atoms with Crippen LogP contribution in [0, 0.1) is 0 Å². The van der Waals surface area contributed by atoms with E-state index in [1.807, 2.05) is 0 Å². The number of rotatable bonds is 3. The molecule has 1 aromatic heterocycles. The third kappa shape index (κ3) is 2.21. The second-order valence-corrected chi connectivity index (χ2v) is 1.75. The molecule has 11 heavy (non-hydrogen) atoms. The first-order chi connectivity index (χ1) is 5.33. The lowest BCUT2D eigenvalue weighted by atomic mass is 10.6. The maximum absolute atomic E-state index is 9.85. The SMILES string of the molecule is Nc1ncc(OCC=O)cn1. The van der Waals surface area contributed by atoms with Gasteiger partial charge in [0.15, 0.2) is 12.0 Å². The van der Waals surface area contributed by atoms with Crippen molar-refractivity contribution in [2.24, 2.45) is 0 Å². The van der Waals surface area contributed by atoms with E-state index in [9.17, 15) is 4.79 Å². The highest BCUT2D eigenvalue weighted by atomic mass is 16.5. The summed E-state index contributed by atoms with van der Waals surface area (Å²) in [6.07, 6.45) is 3.47. The Morgan fingerprint density at radius 3 is 2.73 bits per heavy atom. The molecule has 0 unspecified atom stereocenters.